The lowest BCUT2D eigenvalue weighted by molar-refractivity contribution is 0.872. The highest BCUT2D eigenvalue weighted by atomic mass is 14.7. The van der Waals surface area contributed by atoms with E-state index in [2.05, 4.69) is 54.4 Å². The molecule has 0 spiro atoms. The molecule has 94 valence electrons. The van der Waals surface area contributed by atoms with Gasteiger partial charge in [-0.3, -0.25) is 4.98 Å². The number of aromatic nitrogens is 1. The van der Waals surface area contributed by atoms with Crippen LogP contribution in [0, 0.1) is 6.92 Å². The summed E-state index contributed by atoms with van der Waals surface area (Å²) in [6.45, 7) is 2.08. The summed E-state index contributed by atoms with van der Waals surface area (Å²) in [5.41, 5.74) is 10.8. The summed E-state index contributed by atoms with van der Waals surface area (Å²) in [4.78, 5) is 4.33. The molecule has 2 heteroatoms. The van der Waals surface area contributed by atoms with E-state index in [-0.39, 0.29) is 6.04 Å². The minimum Gasteiger partial charge on any atom is -0.320 e. The number of nitrogens with zero attached hydrogens (tertiary/aromatic N) is 1. The molecular weight excluding hydrogens is 232 g/mol. The number of pyridine rings is 1. The van der Waals surface area contributed by atoms with Gasteiger partial charge in [0.05, 0.1) is 11.6 Å². The molecule has 1 aromatic heterocycles. The van der Waals surface area contributed by atoms with Crippen LogP contribution >= 0.6 is 0 Å². The summed E-state index contributed by atoms with van der Waals surface area (Å²) in [6, 6.07) is 18.5. The van der Waals surface area contributed by atoms with Crippen molar-refractivity contribution in [1.29, 1.82) is 0 Å². The van der Waals surface area contributed by atoms with E-state index in [4.69, 9.17) is 5.73 Å². The summed E-state index contributed by atoms with van der Waals surface area (Å²) in [6.07, 6.45) is 1.81. The average molecular weight is 248 g/mol. The first-order valence-electron chi connectivity index (χ1n) is 6.41. The van der Waals surface area contributed by atoms with Gasteiger partial charge in [0.15, 0.2) is 0 Å². The molecule has 3 rings (SSSR count). The van der Waals surface area contributed by atoms with Crippen molar-refractivity contribution in [1.82, 2.24) is 4.98 Å². The van der Waals surface area contributed by atoms with E-state index < -0.39 is 0 Å². The lowest BCUT2D eigenvalue weighted by Gasteiger charge is -2.13. The fraction of sp³-hybridized carbons (Fsp3) is 0.118. The third kappa shape index (κ3) is 2.35. The zero-order chi connectivity index (χ0) is 13.2. The van der Waals surface area contributed by atoms with E-state index in [1.165, 1.54) is 5.56 Å². The van der Waals surface area contributed by atoms with Crippen molar-refractivity contribution < 1.29 is 0 Å². The molecular formula is C17H16N2. The van der Waals surface area contributed by atoms with Crippen LogP contribution in [0.4, 0.5) is 0 Å². The highest BCUT2D eigenvalue weighted by Crippen LogP contribution is 2.23. The zero-order valence-electron chi connectivity index (χ0n) is 10.9. The Kier molecular flexibility index (Phi) is 3.02. The summed E-state index contributed by atoms with van der Waals surface area (Å²) in [5.74, 6) is 0. The lowest BCUT2D eigenvalue weighted by Crippen LogP contribution is -2.11. The number of fused-ring (bicyclic) bond motifs is 1. The molecule has 0 aliphatic heterocycles. The van der Waals surface area contributed by atoms with Gasteiger partial charge in [0.2, 0.25) is 0 Å². The molecule has 0 fully saturated rings. The van der Waals surface area contributed by atoms with Crippen molar-refractivity contribution in [2.24, 2.45) is 5.73 Å². The van der Waals surface area contributed by atoms with Crippen LogP contribution in [0.25, 0.3) is 10.9 Å². The van der Waals surface area contributed by atoms with Crippen LogP contribution in [0.15, 0.2) is 60.8 Å². The maximum atomic E-state index is 6.34. The predicted molar refractivity (Wildman–Crippen MR) is 79.0 cm³/mol. The first-order valence-corrected chi connectivity index (χ1v) is 6.41. The third-order valence-corrected chi connectivity index (χ3v) is 3.42. The molecule has 2 aromatic carbocycles. The number of hydrogen-bond acceptors (Lipinski definition) is 2. The number of benzene rings is 2. The van der Waals surface area contributed by atoms with Gasteiger partial charge in [0.25, 0.3) is 0 Å². The summed E-state index contributed by atoms with van der Waals surface area (Å²) >= 11 is 0. The Hall–Kier alpha value is -2.19. The molecule has 1 atom stereocenters. The van der Waals surface area contributed by atoms with Gasteiger partial charge in [-0.2, -0.15) is 0 Å². The first kappa shape index (κ1) is 11.9. The Labute approximate surface area is 112 Å². The standard InChI is InChI=1S/C17H16N2/c1-12-4-6-13(7-5-12)17(18)15-8-9-16-14(11-15)3-2-10-19-16/h2-11,17H,18H2,1H3. The lowest BCUT2D eigenvalue weighted by atomic mass is 9.97. The topological polar surface area (TPSA) is 38.9 Å². The molecule has 1 heterocycles. The van der Waals surface area contributed by atoms with Crippen molar-refractivity contribution in [2.45, 2.75) is 13.0 Å². The second-order valence-electron chi connectivity index (χ2n) is 4.84. The molecule has 0 radical (unpaired) electrons. The van der Waals surface area contributed by atoms with E-state index in [0.29, 0.717) is 0 Å². The van der Waals surface area contributed by atoms with Crippen LogP contribution in [0.2, 0.25) is 0 Å². The Morgan fingerprint density at radius 2 is 1.68 bits per heavy atom. The molecule has 19 heavy (non-hydrogen) atoms. The fourth-order valence-corrected chi connectivity index (χ4v) is 2.25. The van der Waals surface area contributed by atoms with Gasteiger partial charge < -0.3 is 5.73 Å². The molecule has 0 amide bonds. The van der Waals surface area contributed by atoms with Gasteiger partial charge in [0, 0.05) is 11.6 Å². The Morgan fingerprint density at radius 3 is 2.47 bits per heavy atom. The minimum atomic E-state index is -0.0924. The first-order chi connectivity index (χ1) is 9.24. The number of nitrogens with two attached hydrogens (primary N) is 1. The smallest absolute Gasteiger partial charge is 0.0702 e. The Morgan fingerprint density at radius 1 is 0.947 bits per heavy atom. The number of hydrogen-bond donors (Lipinski definition) is 1. The van der Waals surface area contributed by atoms with Crippen LogP contribution < -0.4 is 5.73 Å². The van der Waals surface area contributed by atoms with Crippen molar-refractivity contribution in [3.8, 4) is 0 Å². The monoisotopic (exact) mass is 248 g/mol. The Bertz CT molecular complexity index is 702. The van der Waals surface area contributed by atoms with Gasteiger partial charge in [-0.25, -0.2) is 0 Å². The Balaban J connectivity index is 2.01. The van der Waals surface area contributed by atoms with Crippen molar-refractivity contribution in [2.75, 3.05) is 0 Å². The van der Waals surface area contributed by atoms with E-state index in [9.17, 15) is 0 Å². The van der Waals surface area contributed by atoms with Crippen LogP contribution in [-0.4, -0.2) is 4.98 Å². The second kappa shape index (κ2) is 4.82. The van der Waals surface area contributed by atoms with Crippen LogP contribution in [0.1, 0.15) is 22.7 Å². The fourth-order valence-electron chi connectivity index (χ4n) is 2.25. The number of aryl methyl sites for hydroxylation is 1. The van der Waals surface area contributed by atoms with Gasteiger partial charge in [-0.05, 0) is 36.2 Å². The number of rotatable bonds is 2. The average Bonchev–Trinajstić information content (AvgIpc) is 2.47. The highest BCUT2D eigenvalue weighted by Gasteiger charge is 2.09. The molecule has 0 aliphatic carbocycles. The molecule has 3 aromatic rings. The van der Waals surface area contributed by atoms with E-state index in [1.54, 1.807) is 0 Å². The summed E-state index contributed by atoms with van der Waals surface area (Å²) in [5, 5.41) is 1.13. The zero-order valence-corrected chi connectivity index (χ0v) is 10.9. The van der Waals surface area contributed by atoms with Gasteiger partial charge in [-0.1, -0.05) is 42.0 Å². The van der Waals surface area contributed by atoms with Crippen LogP contribution in [0.3, 0.4) is 0 Å². The van der Waals surface area contributed by atoms with Gasteiger partial charge >= 0.3 is 0 Å². The van der Waals surface area contributed by atoms with Crippen molar-refractivity contribution in [3.05, 3.63) is 77.5 Å². The predicted octanol–water partition coefficient (Wildman–Crippen LogP) is 3.59. The molecule has 2 nitrogen and oxygen atoms in total. The van der Waals surface area contributed by atoms with E-state index in [0.717, 1.165) is 22.0 Å². The summed E-state index contributed by atoms with van der Waals surface area (Å²) < 4.78 is 0. The van der Waals surface area contributed by atoms with Gasteiger partial charge in [0.1, 0.15) is 0 Å². The van der Waals surface area contributed by atoms with Gasteiger partial charge in [-0.15, -0.1) is 0 Å². The SMILES string of the molecule is Cc1ccc(C(N)c2ccc3ncccc3c2)cc1. The second-order valence-corrected chi connectivity index (χ2v) is 4.84. The molecule has 2 N–H and O–H groups in total. The summed E-state index contributed by atoms with van der Waals surface area (Å²) in [7, 11) is 0. The van der Waals surface area contributed by atoms with Crippen molar-refractivity contribution in [3.63, 3.8) is 0 Å². The minimum absolute atomic E-state index is 0.0924. The molecule has 0 aliphatic rings. The normalized spacial score (nSPS) is 12.5. The molecule has 0 saturated heterocycles. The highest BCUT2D eigenvalue weighted by molar-refractivity contribution is 5.79. The van der Waals surface area contributed by atoms with Crippen LogP contribution in [0.5, 0.6) is 0 Å². The third-order valence-electron chi connectivity index (χ3n) is 3.42. The quantitative estimate of drug-likeness (QED) is 0.752. The molecule has 0 bridgehead atoms. The molecule has 0 saturated carbocycles. The van der Waals surface area contributed by atoms with Crippen LogP contribution in [-0.2, 0) is 0 Å². The maximum absolute atomic E-state index is 6.34. The van der Waals surface area contributed by atoms with E-state index in [1.807, 2.05) is 18.3 Å². The van der Waals surface area contributed by atoms with E-state index >= 15 is 0 Å². The largest absolute Gasteiger partial charge is 0.320 e. The molecule has 1 unspecified atom stereocenters. The van der Waals surface area contributed by atoms with Crippen molar-refractivity contribution >= 4 is 10.9 Å². The maximum Gasteiger partial charge on any atom is 0.0702 e.